The van der Waals surface area contributed by atoms with Gasteiger partial charge in [0.05, 0.1) is 12.1 Å². The Labute approximate surface area is 136 Å². The summed E-state index contributed by atoms with van der Waals surface area (Å²) in [6.45, 7) is 2.52. The number of urea groups is 1. The molecule has 1 atom stereocenters. The van der Waals surface area contributed by atoms with Gasteiger partial charge in [0.15, 0.2) is 0 Å². The number of aliphatic hydroxyl groups excluding tert-OH is 1. The topological polar surface area (TPSA) is 77.2 Å². The van der Waals surface area contributed by atoms with Crippen molar-refractivity contribution in [3.05, 3.63) is 36.0 Å². The monoisotopic (exact) mass is 315 g/mol. The maximum absolute atomic E-state index is 12.0. The molecular weight excluding hydrogens is 290 g/mol. The minimum absolute atomic E-state index is 0.0135. The van der Waals surface area contributed by atoms with E-state index in [9.17, 15) is 9.90 Å². The number of hydrogen-bond acceptors (Lipinski definition) is 2. The molecule has 1 aromatic heterocycles. The van der Waals surface area contributed by atoms with Crippen LogP contribution in [0.25, 0.3) is 10.9 Å². The molecule has 0 bridgehead atoms. The summed E-state index contributed by atoms with van der Waals surface area (Å²) in [5.74, 6) is 0.407. The van der Waals surface area contributed by atoms with E-state index in [2.05, 4.69) is 27.8 Å². The average molecular weight is 315 g/mol. The van der Waals surface area contributed by atoms with E-state index in [1.807, 2.05) is 25.3 Å². The minimum atomic E-state index is -0.485. The van der Waals surface area contributed by atoms with Gasteiger partial charge in [-0.2, -0.15) is 0 Å². The molecule has 1 aliphatic rings. The molecule has 124 valence electrons. The summed E-state index contributed by atoms with van der Waals surface area (Å²) in [7, 11) is 0. The molecule has 5 heteroatoms. The molecule has 2 aromatic rings. The highest BCUT2D eigenvalue weighted by Gasteiger charge is 2.42. The first kappa shape index (κ1) is 15.9. The number of para-hydroxylation sites is 1. The van der Waals surface area contributed by atoms with Gasteiger partial charge in [-0.05, 0) is 50.2 Å². The first-order chi connectivity index (χ1) is 11.1. The van der Waals surface area contributed by atoms with Crippen molar-refractivity contribution in [3.8, 4) is 0 Å². The second kappa shape index (κ2) is 6.62. The molecule has 4 N–H and O–H groups in total. The number of aryl methyl sites for hydroxylation is 1. The highest BCUT2D eigenvalue weighted by atomic mass is 16.3. The number of benzene rings is 1. The van der Waals surface area contributed by atoms with Crippen LogP contribution in [0.5, 0.6) is 0 Å². The predicted octanol–water partition coefficient (Wildman–Crippen LogP) is 2.56. The normalized spacial score (nSPS) is 17.0. The Morgan fingerprint density at radius 1 is 1.39 bits per heavy atom. The number of rotatable bonds is 7. The van der Waals surface area contributed by atoms with E-state index < -0.39 is 5.54 Å². The van der Waals surface area contributed by atoms with Crippen molar-refractivity contribution < 1.29 is 9.90 Å². The maximum atomic E-state index is 12.0. The number of amides is 2. The molecule has 2 amide bonds. The lowest BCUT2D eigenvalue weighted by molar-refractivity contribution is 0.155. The van der Waals surface area contributed by atoms with Crippen LogP contribution in [-0.2, 0) is 6.42 Å². The summed E-state index contributed by atoms with van der Waals surface area (Å²) in [5, 5.41) is 16.6. The molecule has 23 heavy (non-hydrogen) atoms. The number of carbonyl (C=O) groups excluding carboxylic acids is 1. The lowest BCUT2D eigenvalue weighted by atomic mass is 9.97. The number of aromatic amines is 1. The van der Waals surface area contributed by atoms with E-state index in [1.165, 1.54) is 10.9 Å². The number of aromatic nitrogens is 1. The van der Waals surface area contributed by atoms with Gasteiger partial charge in [0.1, 0.15) is 0 Å². The van der Waals surface area contributed by atoms with Gasteiger partial charge in [0.2, 0.25) is 0 Å². The van der Waals surface area contributed by atoms with Crippen molar-refractivity contribution in [2.24, 2.45) is 5.92 Å². The van der Waals surface area contributed by atoms with E-state index in [1.54, 1.807) is 0 Å². The van der Waals surface area contributed by atoms with Gasteiger partial charge in [0.25, 0.3) is 0 Å². The van der Waals surface area contributed by atoms with Crippen molar-refractivity contribution in [1.29, 1.82) is 0 Å². The standard InChI is InChI=1S/C18H25N3O2/c1-18(12-22,14-8-9-14)21-17(23)19-10-4-5-13-11-20-16-7-3-2-6-15(13)16/h2-3,6-7,11,14,20,22H,4-5,8-10,12H2,1H3,(H2,19,21,23). The summed E-state index contributed by atoms with van der Waals surface area (Å²) in [4.78, 5) is 15.3. The van der Waals surface area contributed by atoms with Gasteiger partial charge in [-0.3, -0.25) is 0 Å². The van der Waals surface area contributed by atoms with Crippen molar-refractivity contribution in [1.82, 2.24) is 15.6 Å². The first-order valence-corrected chi connectivity index (χ1v) is 8.34. The molecule has 1 fully saturated rings. The summed E-state index contributed by atoms with van der Waals surface area (Å²) < 4.78 is 0. The van der Waals surface area contributed by atoms with Crippen molar-refractivity contribution in [3.63, 3.8) is 0 Å². The molecule has 1 saturated carbocycles. The van der Waals surface area contributed by atoms with Gasteiger partial charge in [-0.1, -0.05) is 18.2 Å². The van der Waals surface area contributed by atoms with Gasteiger partial charge in [-0.25, -0.2) is 4.79 Å². The van der Waals surface area contributed by atoms with Crippen LogP contribution in [-0.4, -0.2) is 34.8 Å². The Morgan fingerprint density at radius 3 is 2.91 bits per heavy atom. The van der Waals surface area contributed by atoms with Crippen LogP contribution in [0, 0.1) is 5.92 Å². The SMILES string of the molecule is CC(CO)(NC(=O)NCCCc1c[nH]c2ccccc12)C1CC1. The Bertz CT molecular complexity index is 678. The van der Waals surface area contributed by atoms with Crippen LogP contribution < -0.4 is 10.6 Å². The number of nitrogens with one attached hydrogen (secondary N) is 3. The molecule has 1 unspecified atom stereocenters. The number of H-pyrrole nitrogens is 1. The quantitative estimate of drug-likeness (QED) is 0.593. The fourth-order valence-corrected chi connectivity index (χ4v) is 3.11. The van der Waals surface area contributed by atoms with Crippen LogP contribution in [0.1, 0.15) is 31.7 Å². The zero-order valence-electron chi connectivity index (χ0n) is 13.6. The Kier molecular flexibility index (Phi) is 4.57. The zero-order chi connectivity index (χ0) is 16.3. The second-order valence-corrected chi connectivity index (χ2v) is 6.69. The predicted molar refractivity (Wildman–Crippen MR) is 91.4 cm³/mol. The number of fused-ring (bicyclic) bond motifs is 1. The number of hydrogen-bond donors (Lipinski definition) is 4. The zero-order valence-corrected chi connectivity index (χ0v) is 13.6. The fraction of sp³-hybridized carbons (Fsp3) is 0.500. The van der Waals surface area contributed by atoms with Crippen LogP contribution >= 0.6 is 0 Å². The summed E-state index contributed by atoms with van der Waals surface area (Å²) >= 11 is 0. The molecule has 1 aliphatic carbocycles. The van der Waals surface area contributed by atoms with E-state index in [0.29, 0.717) is 12.5 Å². The van der Waals surface area contributed by atoms with E-state index >= 15 is 0 Å². The number of aliphatic hydroxyl groups is 1. The van der Waals surface area contributed by atoms with Crippen LogP contribution in [0.4, 0.5) is 4.79 Å². The van der Waals surface area contributed by atoms with E-state index in [0.717, 1.165) is 31.2 Å². The third kappa shape index (κ3) is 3.67. The molecule has 0 spiro atoms. The van der Waals surface area contributed by atoms with Crippen LogP contribution in [0.3, 0.4) is 0 Å². The highest BCUT2D eigenvalue weighted by Crippen LogP contribution is 2.39. The third-order valence-electron chi connectivity index (χ3n) is 4.79. The Balaban J connectivity index is 1.43. The van der Waals surface area contributed by atoms with Crippen LogP contribution in [0.15, 0.2) is 30.5 Å². The van der Waals surface area contributed by atoms with Gasteiger partial charge < -0.3 is 20.7 Å². The van der Waals surface area contributed by atoms with Crippen LogP contribution in [0.2, 0.25) is 0 Å². The smallest absolute Gasteiger partial charge is 0.315 e. The van der Waals surface area contributed by atoms with Gasteiger partial charge >= 0.3 is 6.03 Å². The largest absolute Gasteiger partial charge is 0.394 e. The molecule has 3 rings (SSSR count). The van der Waals surface area contributed by atoms with Gasteiger partial charge in [0, 0.05) is 23.6 Å². The molecular formula is C18H25N3O2. The summed E-state index contributed by atoms with van der Waals surface area (Å²) in [5.41, 5.74) is 1.94. The molecule has 1 aromatic carbocycles. The molecule has 1 heterocycles. The average Bonchev–Trinajstić information content (AvgIpc) is 3.34. The Hall–Kier alpha value is -2.01. The first-order valence-electron chi connectivity index (χ1n) is 8.34. The van der Waals surface area contributed by atoms with Gasteiger partial charge in [-0.15, -0.1) is 0 Å². The number of carbonyl (C=O) groups is 1. The lowest BCUT2D eigenvalue weighted by Gasteiger charge is -2.28. The highest BCUT2D eigenvalue weighted by molar-refractivity contribution is 5.83. The minimum Gasteiger partial charge on any atom is -0.394 e. The van der Waals surface area contributed by atoms with Crippen molar-refractivity contribution in [2.75, 3.05) is 13.2 Å². The fourth-order valence-electron chi connectivity index (χ4n) is 3.11. The summed E-state index contributed by atoms with van der Waals surface area (Å²) in [6.07, 6.45) is 6.01. The molecule has 5 nitrogen and oxygen atoms in total. The molecule has 0 aliphatic heterocycles. The molecule has 0 saturated heterocycles. The summed E-state index contributed by atoms with van der Waals surface area (Å²) in [6, 6.07) is 8.06. The van der Waals surface area contributed by atoms with Crippen molar-refractivity contribution >= 4 is 16.9 Å². The van der Waals surface area contributed by atoms with E-state index in [4.69, 9.17) is 0 Å². The molecule has 0 radical (unpaired) electrons. The van der Waals surface area contributed by atoms with E-state index in [-0.39, 0.29) is 12.6 Å². The second-order valence-electron chi connectivity index (χ2n) is 6.69. The lowest BCUT2D eigenvalue weighted by Crippen LogP contribution is -2.54. The van der Waals surface area contributed by atoms with Crippen molar-refractivity contribution in [2.45, 2.75) is 38.1 Å². The maximum Gasteiger partial charge on any atom is 0.315 e. The third-order valence-corrected chi connectivity index (χ3v) is 4.79. The Morgan fingerprint density at radius 2 is 2.17 bits per heavy atom.